The lowest BCUT2D eigenvalue weighted by Crippen LogP contribution is -2.53. The minimum Gasteiger partial charge on any atom is -0.508 e. The molecular weight excluding hydrogens is 463 g/mol. The fraction of sp³-hybridized carbons (Fsp3) is 0.407. The number of halogens is 1. The van der Waals surface area contributed by atoms with Gasteiger partial charge in [0.1, 0.15) is 17.3 Å². The van der Waals surface area contributed by atoms with Crippen LogP contribution < -0.4 is 10.1 Å². The number of hydrogen-bond donors (Lipinski definition) is 3. The third kappa shape index (κ3) is 3.44. The Kier molecular flexibility index (Phi) is 5.22. The third-order valence-electron chi connectivity index (χ3n) is 7.77. The van der Waals surface area contributed by atoms with Crippen molar-refractivity contribution in [1.82, 2.24) is 20.1 Å². The summed E-state index contributed by atoms with van der Waals surface area (Å²) in [6.07, 6.45) is 2.74. The molecule has 0 bridgehead atoms. The Hall–Kier alpha value is -3.59. The lowest BCUT2D eigenvalue weighted by molar-refractivity contribution is -0.133. The number of fused-ring (bicyclic) bond motifs is 4. The first-order chi connectivity index (χ1) is 17.3. The van der Waals surface area contributed by atoms with E-state index in [2.05, 4.69) is 10.3 Å². The van der Waals surface area contributed by atoms with Gasteiger partial charge in [0.2, 0.25) is 0 Å². The van der Waals surface area contributed by atoms with Gasteiger partial charge in [-0.3, -0.25) is 14.6 Å². The number of carbonyl (C=O) groups is 2. The lowest BCUT2D eigenvalue weighted by Gasteiger charge is -2.42. The Morgan fingerprint density at radius 2 is 2.06 bits per heavy atom. The Bertz CT molecular complexity index is 1380. The molecule has 2 atom stereocenters. The number of urea groups is 1. The van der Waals surface area contributed by atoms with Crippen molar-refractivity contribution < 1.29 is 23.8 Å². The average molecular weight is 493 g/mol. The van der Waals surface area contributed by atoms with Crippen LogP contribution in [-0.2, 0) is 11.2 Å². The molecule has 1 aliphatic carbocycles. The van der Waals surface area contributed by atoms with Crippen LogP contribution in [0.1, 0.15) is 42.6 Å². The van der Waals surface area contributed by atoms with Crippen LogP contribution in [0.5, 0.6) is 11.5 Å². The quantitative estimate of drug-likeness (QED) is 0.345. The van der Waals surface area contributed by atoms with E-state index >= 15 is 0 Å². The molecule has 8 nitrogen and oxygen atoms in total. The summed E-state index contributed by atoms with van der Waals surface area (Å²) >= 11 is 0. The number of ether oxygens (including phenoxy) is 1. The molecule has 36 heavy (non-hydrogen) atoms. The number of aromatic nitrogens is 1. The second-order valence-electron chi connectivity index (χ2n) is 10.3. The molecular formula is C27H29FN4O4. The smallest absolute Gasteiger partial charge is 0.328 e. The standard InChI is InChI=1S/C27H29FN4O4/c1-27-13-19-18-11-22(36-2)20(28)12-21(18)30-23(19)24(16-4-3-5-17(33)10-16)32(27)26(35)31(25(27)34)9-8-29-14-15-6-7-15/h3-5,10-12,15,24,29-30,33H,6-9,13-14H2,1-2H3/t24-,27+/m1/s1. The molecule has 2 aromatic carbocycles. The SMILES string of the molecule is COc1cc2c3c([nH]c2cc1F)[C@@H](c1cccc(O)c1)N1C(=O)N(CCNCC2CC2)C(=O)[C@]1(C)C3. The molecule has 3 aromatic rings. The predicted molar refractivity (Wildman–Crippen MR) is 131 cm³/mol. The molecule has 1 aromatic heterocycles. The van der Waals surface area contributed by atoms with Gasteiger partial charge in [-0.25, -0.2) is 9.18 Å². The molecule has 0 unspecified atom stereocenters. The first-order valence-corrected chi connectivity index (χ1v) is 12.3. The van der Waals surface area contributed by atoms with Crippen molar-refractivity contribution in [2.24, 2.45) is 5.92 Å². The number of phenolic OH excluding ortho intramolecular Hbond substituents is 1. The molecule has 2 aliphatic heterocycles. The number of benzene rings is 2. The molecule has 1 saturated heterocycles. The van der Waals surface area contributed by atoms with Crippen LogP contribution in [0.15, 0.2) is 36.4 Å². The lowest BCUT2D eigenvalue weighted by atomic mass is 9.81. The van der Waals surface area contributed by atoms with E-state index in [0.717, 1.165) is 17.5 Å². The molecule has 3 N–H and O–H groups in total. The molecule has 2 fully saturated rings. The van der Waals surface area contributed by atoms with E-state index in [4.69, 9.17) is 4.74 Å². The van der Waals surface area contributed by atoms with Crippen LogP contribution in [0.3, 0.4) is 0 Å². The molecule has 0 spiro atoms. The highest BCUT2D eigenvalue weighted by atomic mass is 19.1. The topological polar surface area (TPSA) is 97.9 Å². The van der Waals surface area contributed by atoms with Gasteiger partial charge in [0.15, 0.2) is 11.6 Å². The van der Waals surface area contributed by atoms with Crippen LogP contribution in [0.4, 0.5) is 9.18 Å². The minimum absolute atomic E-state index is 0.0595. The second kappa shape index (κ2) is 8.23. The van der Waals surface area contributed by atoms with Crippen molar-refractivity contribution in [3.8, 4) is 11.5 Å². The van der Waals surface area contributed by atoms with Crippen molar-refractivity contribution in [2.75, 3.05) is 26.7 Å². The van der Waals surface area contributed by atoms with E-state index in [-0.39, 0.29) is 36.4 Å². The highest BCUT2D eigenvalue weighted by molar-refractivity contribution is 6.08. The second-order valence-corrected chi connectivity index (χ2v) is 10.3. The Morgan fingerprint density at radius 1 is 1.25 bits per heavy atom. The molecule has 3 heterocycles. The zero-order chi connectivity index (χ0) is 25.2. The van der Waals surface area contributed by atoms with Crippen molar-refractivity contribution in [1.29, 1.82) is 0 Å². The molecule has 3 amide bonds. The summed E-state index contributed by atoms with van der Waals surface area (Å²) in [6, 6.07) is 8.69. The van der Waals surface area contributed by atoms with Crippen LogP contribution >= 0.6 is 0 Å². The van der Waals surface area contributed by atoms with E-state index < -0.39 is 17.4 Å². The molecule has 1 saturated carbocycles. The highest BCUT2D eigenvalue weighted by Crippen LogP contribution is 2.49. The molecule has 188 valence electrons. The Labute approximate surface area is 208 Å². The van der Waals surface area contributed by atoms with Gasteiger partial charge in [-0.2, -0.15) is 0 Å². The first kappa shape index (κ1) is 22.8. The zero-order valence-corrected chi connectivity index (χ0v) is 20.3. The van der Waals surface area contributed by atoms with E-state index in [9.17, 15) is 19.1 Å². The average Bonchev–Trinajstić information content (AvgIpc) is 3.59. The van der Waals surface area contributed by atoms with Crippen molar-refractivity contribution in [2.45, 2.75) is 37.8 Å². The third-order valence-corrected chi connectivity index (χ3v) is 7.77. The van der Waals surface area contributed by atoms with Crippen LogP contribution in [0, 0.1) is 11.7 Å². The number of amides is 3. The summed E-state index contributed by atoms with van der Waals surface area (Å²) in [7, 11) is 1.41. The maximum Gasteiger partial charge on any atom is 0.328 e. The normalized spacial score (nSPS) is 23.4. The first-order valence-electron chi connectivity index (χ1n) is 12.3. The van der Waals surface area contributed by atoms with Gasteiger partial charge >= 0.3 is 6.03 Å². The monoisotopic (exact) mass is 492 g/mol. The van der Waals surface area contributed by atoms with E-state index in [0.29, 0.717) is 29.2 Å². The number of hydrogen-bond acceptors (Lipinski definition) is 5. The van der Waals surface area contributed by atoms with Crippen molar-refractivity contribution in [3.05, 3.63) is 59.0 Å². The number of carbonyl (C=O) groups excluding carboxylic acids is 2. The fourth-order valence-electron chi connectivity index (χ4n) is 5.73. The summed E-state index contributed by atoms with van der Waals surface area (Å²) in [5.74, 6) is 0.127. The molecule has 9 heteroatoms. The number of aromatic hydroxyl groups is 1. The largest absolute Gasteiger partial charge is 0.508 e. The molecule has 6 rings (SSSR count). The summed E-state index contributed by atoms with van der Waals surface area (Å²) in [6.45, 7) is 3.53. The van der Waals surface area contributed by atoms with Gasteiger partial charge in [0.05, 0.1) is 7.11 Å². The Morgan fingerprint density at radius 3 is 2.78 bits per heavy atom. The van der Waals surface area contributed by atoms with Gasteiger partial charge in [0.25, 0.3) is 5.91 Å². The highest BCUT2D eigenvalue weighted by Gasteiger charge is 2.60. The number of rotatable bonds is 7. The Balaban J connectivity index is 1.45. The number of aromatic amines is 1. The number of phenols is 1. The summed E-state index contributed by atoms with van der Waals surface area (Å²) < 4.78 is 19.7. The number of H-pyrrole nitrogens is 1. The van der Waals surface area contributed by atoms with Gasteiger partial charge in [-0.15, -0.1) is 0 Å². The number of nitrogens with one attached hydrogen (secondary N) is 2. The summed E-state index contributed by atoms with van der Waals surface area (Å²) in [5, 5.41) is 14.3. The number of imide groups is 1. The van der Waals surface area contributed by atoms with Gasteiger partial charge < -0.3 is 20.1 Å². The van der Waals surface area contributed by atoms with Crippen molar-refractivity contribution >= 4 is 22.8 Å². The number of nitrogens with zero attached hydrogens (tertiary/aromatic N) is 2. The van der Waals surface area contributed by atoms with Gasteiger partial charge in [-0.05, 0) is 61.6 Å². The van der Waals surface area contributed by atoms with Gasteiger partial charge in [0, 0.05) is 42.2 Å². The minimum atomic E-state index is -1.13. The fourth-order valence-corrected chi connectivity index (χ4v) is 5.73. The summed E-state index contributed by atoms with van der Waals surface area (Å²) in [4.78, 5) is 33.9. The molecule has 3 aliphatic rings. The van der Waals surface area contributed by atoms with E-state index in [1.54, 1.807) is 36.1 Å². The maximum atomic E-state index is 14.5. The molecule has 0 radical (unpaired) electrons. The van der Waals surface area contributed by atoms with E-state index in [1.165, 1.54) is 30.9 Å². The van der Waals surface area contributed by atoms with Crippen LogP contribution in [0.25, 0.3) is 10.9 Å². The van der Waals surface area contributed by atoms with Crippen LogP contribution in [-0.4, -0.2) is 64.1 Å². The van der Waals surface area contributed by atoms with Crippen molar-refractivity contribution in [3.63, 3.8) is 0 Å². The zero-order valence-electron chi connectivity index (χ0n) is 20.3. The number of methoxy groups -OCH3 is 1. The predicted octanol–water partition coefficient (Wildman–Crippen LogP) is 3.69. The van der Waals surface area contributed by atoms with E-state index in [1.807, 2.05) is 6.07 Å². The van der Waals surface area contributed by atoms with Crippen LogP contribution in [0.2, 0.25) is 0 Å². The maximum absolute atomic E-state index is 14.5. The van der Waals surface area contributed by atoms with Gasteiger partial charge in [-0.1, -0.05) is 12.1 Å². The summed E-state index contributed by atoms with van der Waals surface area (Å²) in [5.41, 5.74) is 1.64.